The smallest absolute Gasteiger partial charge is 0.247 e. The molecule has 2 rings (SSSR count). The van der Waals surface area contributed by atoms with Crippen LogP contribution in [0.25, 0.3) is 0 Å². The molecule has 76 valence electrons. The van der Waals surface area contributed by atoms with Crippen molar-refractivity contribution < 1.29 is 4.74 Å². The van der Waals surface area contributed by atoms with E-state index in [4.69, 9.17) is 22.1 Å². The van der Waals surface area contributed by atoms with Crippen molar-refractivity contribution in [2.24, 2.45) is 0 Å². The molecule has 1 aromatic heterocycles. The molecule has 2 aromatic rings. The minimum atomic E-state index is 0.107. The van der Waals surface area contributed by atoms with E-state index in [-0.39, 0.29) is 11.2 Å². The summed E-state index contributed by atoms with van der Waals surface area (Å²) in [6.45, 7) is 0. The molecule has 0 fully saturated rings. The normalized spacial score (nSPS) is 9.93. The van der Waals surface area contributed by atoms with Crippen LogP contribution in [0, 0.1) is 0 Å². The zero-order valence-electron chi connectivity index (χ0n) is 7.72. The minimum absolute atomic E-state index is 0.107. The number of para-hydroxylation sites is 1. The largest absolute Gasteiger partial charge is 0.437 e. The number of nitrogens with zero attached hydrogens (tertiary/aromatic N) is 2. The standard InChI is InChI=1S/C10H8ClN3O/c11-10-13-6-8(12)9(14-10)15-7-4-2-1-3-5-7/h1-6H,12H2. The zero-order chi connectivity index (χ0) is 10.7. The Hall–Kier alpha value is -1.81. The third-order valence-electron chi connectivity index (χ3n) is 1.71. The second-order valence-electron chi connectivity index (χ2n) is 2.81. The van der Waals surface area contributed by atoms with Crippen molar-refractivity contribution in [3.8, 4) is 11.6 Å². The second-order valence-corrected chi connectivity index (χ2v) is 3.15. The van der Waals surface area contributed by atoms with Crippen LogP contribution in [0.5, 0.6) is 11.6 Å². The van der Waals surface area contributed by atoms with E-state index >= 15 is 0 Å². The molecule has 4 nitrogen and oxygen atoms in total. The Morgan fingerprint density at radius 2 is 1.93 bits per heavy atom. The lowest BCUT2D eigenvalue weighted by Gasteiger charge is -2.06. The number of rotatable bonds is 2. The molecule has 0 aliphatic heterocycles. The molecule has 0 saturated carbocycles. The predicted molar refractivity (Wildman–Crippen MR) is 58.0 cm³/mol. The predicted octanol–water partition coefficient (Wildman–Crippen LogP) is 2.50. The summed E-state index contributed by atoms with van der Waals surface area (Å²) in [6.07, 6.45) is 1.41. The number of halogens is 1. The Balaban J connectivity index is 2.28. The molecule has 1 aromatic carbocycles. The van der Waals surface area contributed by atoms with Crippen molar-refractivity contribution in [2.45, 2.75) is 0 Å². The van der Waals surface area contributed by atoms with Crippen molar-refractivity contribution in [1.29, 1.82) is 0 Å². The van der Waals surface area contributed by atoms with Crippen LogP contribution >= 0.6 is 11.6 Å². The van der Waals surface area contributed by atoms with Gasteiger partial charge in [-0.3, -0.25) is 0 Å². The van der Waals surface area contributed by atoms with E-state index < -0.39 is 0 Å². The fourth-order valence-electron chi connectivity index (χ4n) is 1.04. The number of hydrogen-bond acceptors (Lipinski definition) is 4. The minimum Gasteiger partial charge on any atom is -0.437 e. The molecule has 0 amide bonds. The highest BCUT2D eigenvalue weighted by molar-refractivity contribution is 6.28. The lowest BCUT2D eigenvalue weighted by Crippen LogP contribution is -1.96. The highest BCUT2D eigenvalue weighted by atomic mass is 35.5. The van der Waals surface area contributed by atoms with Crippen LogP contribution in [0.4, 0.5) is 5.69 Å². The summed E-state index contributed by atoms with van der Waals surface area (Å²) < 4.78 is 5.43. The van der Waals surface area contributed by atoms with Gasteiger partial charge in [-0.15, -0.1) is 0 Å². The van der Waals surface area contributed by atoms with Crippen molar-refractivity contribution in [1.82, 2.24) is 9.97 Å². The Morgan fingerprint density at radius 1 is 1.20 bits per heavy atom. The van der Waals surface area contributed by atoms with Crippen molar-refractivity contribution in [2.75, 3.05) is 5.73 Å². The van der Waals surface area contributed by atoms with Crippen molar-refractivity contribution in [3.05, 3.63) is 41.8 Å². The van der Waals surface area contributed by atoms with Crippen LogP contribution in [0.2, 0.25) is 5.28 Å². The Morgan fingerprint density at radius 3 is 2.67 bits per heavy atom. The summed E-state index contributed by atoms with van der Waals surface area (Å²) in [5, 5.41) is 0.107. The van der Waals surface area contributed by atoms with E-state index in [0.717, 1.165) is 0 Å². The maximum atomic E-state index is 5.63. The monoisotopic (exact) mass is 221 g/mol. The van der Waals surface area contributed by atoms with Gasteiger partial charge in [-0.05, 0) is 23.7 Å². The number of aromatic nitrogens is 2. The first kappa shape index (κ1) is 9.73. The first-order valence-electron chi connectivity index (χ1n) is 4.26. The van der Waals surface area contributed by atoms with Gasteiger partial charge in [-0.25, -0.2) is 4.98 Å². The van der Waals surface area contributed by atoms with Crippen molar-refractivity contribution in [3.63, 3.8) is 0 Å². The molecule has 0 bridgehead atoms. The zero-order valence-corrected chi connectivity index (χ0v) is 8.48. The van der Waals surface area contributed by atoms with Gasteiger partial charge in [-0.2, -0.15) is 4.98 Å². The van der Waals surface area contributed by atoms with Gasteiger partial charge >= 0.3 is 0 Å². The number of hydrogen-bond donors (Lipinski definition) is 1. The quantitative estimate of drug-likeness (QED) is 0.792. The third-order valence-corrected chi connectivity index (χ3v) is 1.89. The van der Waals surface area contributed by atoms with Gasteiger partial charge in [0, 0.05) is 0 Å². The SMILES string of the molecule is Nc1cnc(Cl)nc1Oc1ccccc1. The molecule has 0 unspecified atom stereocenters. The first-order chi connectivity index (χ1) is 7.25. The average Bonchev–Trinajstić information content (AvgIpc) is 2.25. The van der Waals surface area contributed by atoms with E-state index in [1.807, 2.05) is 18.2 Å². The molecule has 0 aliphatic carbocycles. The number of nitrogen functional groups attached to an aromatic ring is 1. The van der Waals surface area contributed by atoms with Crippen LogP contribution in [0.3, 0.4) is 0 Å². The summed E-state index contributed by atoms with van der Waals surface area (Å²) in [4.78, 5) is 7.61. The summed E-state index contributed by atoms with van der Waals surface area (Å²) in [6, 6.07) is 9.21. The summed E-state index contributed by atoms with van der Waals surface area (Å²) >= 11 is 5.63. The van der Waals surface area contributed by atoms with E-state index in [2.05, 4.69) is 9.97 Å². The highest BCUT2D eigenvalue weighted by Crippen LogP contribution is 2.24. The molecular weight excluding hydrogens is 214 g/mol. The molecule has 0 spiro atoms. The lowest BCUT2D eigenvalue weighted by molar-refractivity contribution is 0.464. The summed E-state index contributed by atoms with van der Waals surface area (Å²) in [5.74, 6) is 0.917. The molecule has 5 heteroatoms. The van der Waals surface area contributed by atoms with Gasteiger partial charge in [0.1, 0.15) is 11.4 Å². The topological polar surface area (TPSA) is 61.0 Å². The van der Waals surface area contributed by atoms with E-state index in [1.165, 1.54) is 6.20 Å². The average molecular weight is 222 g/mol. The van der Waals surface area contributed by atoms with Gasteiger partial charge < -0.3 is 10.5 Å². The van der Waals surface area contributed by atoms with Crippen LogP contribution in [0.15, 0.2) is 36.5 Å². The second kappa shape index (κ2) is 4.14. The molecule has 15 heavy (non-hydrogen) atoms. The van der Waals surface area contributed by atoms with Crippen molar-refractivity contribution >= 4 is 17.3 Å². The van der Waals surface area contributed by atoms with Crippen LogP contribution < -0.4 is 10.5 Å². The van der Waals surface area contributed by atoms with Crippen LogP contribution in [-0.2, 0) is 0 Å². The van der Waals surface area contributed by atoms with E-state index in [9.17, 15) is 0 Å². The molecular formula is C10H8ClN3O. The Bertz CT molecular complexity index is 461. The Kier molecular flexibility index (Phi) is 2.69. The van der Waals surface area contributed by atoms with Gasteiger partial charge in [0.05, 0.1) is 6.20 Å². The number of anilines is 1. The fraction of sp³-hybridized carbons (Fsp3) is 0. The van der Waals surface area contributed by atoms with E-state index in [1.54, 1.807) is 12.1 Å². The highest BCUT2D eigenvalue weighted by Gasteiger charge is 2.05. The summed E-state index contributed by atoms with van der Waals surface area (Å²) in [7, 11) is 0. The van der Waals surface area contributed by atoms with Crippen LogP contribution in [0.1, 0.15) is 0 Å². The maximum Gasteiger partial charge on any atom is 0.247 e. The molecule has 0 saturated heterocycles. The molecule has 0 atom stereocenters. The summed E-state index contributed by atoms with van der Waals surface area (Å²) in [5.41, 5.74) is 5.98. The van der Waals surface area contributed by atoms with E-state index in [0.29, 0.717) is 11.4 Å². The molecule has 1 heterocycles. The van der Waals surface area contributed by atoms with Crippen LogP contribution in [-0.4, -0.2) is 9.97 Å². The van der Waals surface area contributed by atoms with Gasteiger partial charge in [0.25, 0.3) is 0 Å². The third kappa shape index (κ3) is 2.35. The molecule has 0 aliphatic rings. The van der Waals surface area contributed by atoms with Gasteiger partial charge in [-0.1, -0.05) is 18.2 Å². The lowest BCUT2D eigenvalue weighted by atomic mass is 10.3. The van der Waals surface area contributed by atoms with Gasteiger partial charge in [0.15, 0.2) is 0 Å². The fourth-order valence-corrected chi connectivity index (χ4v) is 1.16. The number of benzene rings is 1. The number of ether oxygens (including phenoxy) is 1. The Labute approximate surface area is 91.7 Å². The maximum absolute atomic E-state index is 5.63. The van der Waals surface area contributed by atoms with Gasteiger partial charge in [0.2, 0.25) is 11.2 Å². The first-order valence-corrected chi connectivity index (χ1v) is 4.64. The molecule has 2 N–H and O–H groups in total. The number of nitrogens with two attached hydrogens (primary N) is 1. The molecule has 0 radical (unpaired) electrons.